The molecular formula is C30H40IO5-. The summed E-state index contributed by atoms with van der Waals surface area (Å²) in [5, 5.41) is 10.6. The Morgan fingerprint density at radius 1 is 1.17 bits per heavy atom. The molecule has 0 saturated carbocycles. The maximum absolute atomic E-state index is 12.2. The van der Waals surface area contributed by atoms with Crippen molar-refractivity contribution in [3.8, 4) is 5.75 Å². The van der Waals surface area contributed by atoms with Crippen LogP contribution in [0.2, 0.25) is 0 Å². The van der Waals surface area contributed by atoms with Crippen LogP contribution in [0.15, 0.2) is 67.3 Å². The van der Waals surface area contributed by atoms with Crippen LogP contribution in [0, 0.1) is 24.9 Å². The Bertz CT molecular complexity index is 913. The van der Waals surface area contributed by atoms with Crippen LogP contribution in [0.25, 0.3) is 0 Å². The van der Waals surface area contributed by atoms with Crippen LogP contribution in [0.3, 0.4) is 0 Å². The van der Waals surface area contributed by atoms with Gasteiger partial charge in [-0.15, -0.1) is 6.58 Å². The van der Waals surface area contributed by atoms with Crippen LogP contribution in [0.4, 0.5) is 0 Å². The van der Waals surface area contributed by atoms with Gasteiger partial charge in [-0.05, 0) is 30.6 Å². The van der Waals surface area contributed by atoms with Gasteiger partial charge in [0, 0.05) is 0 Å². The molecule has 0 aliphatic carbocycles. The molecule has 5 nitrogen and oxygen atoms in total. The van der Waals surface area contributed by atoms with Crippen molar-refractivity contribution < 1.29 is 45.3 Å². The van der Waals surface area contributed by atoms with Crippen LogP contribution < -0.4 is 25.9 Å². The maximum atomic E-state index is 12.2. The number of carbonyl (C=O) groups excluding carboxylic acids is 1. The molecule has 0 amide bonds. The van der Waals surface area contributed by atoms with Gasteiger partial charge >= 0.3 is 141 Å². The number of aliphatic hydroxyl groups is 1. The Hall–Kier alpha value is -1.90. The number of allylic oxidation sites excluding steroid dienone is 1. The number of rotatable bonds is 17. The van der Waals surface area contributed by atoms with Gasteiger partial charge in [-0.2, -0.15) is 0 Å². The molecule has 1 aliphatic rings. The molecule has 6 heteroatoms. The molecule has 1 fully saturated rings. The van der Waals surface area contributed by atoms with E-state index in [4.69, 9.17) is 14.2 Å². The molecule has 1 N–H and O–H groups in total. The van der Waals surface area contributed by atoms with Crippen LogP contribution in [-0.2, 0) is 14.3 Å². The summed E-state index contributed by atoms with van der Waals surface area (Å²) in [6.07, 6.45) is 5.23. The van der Waals surface area contributed by atoms with Gasteiger partial charge in [0.1, 0.15) is 0 Å². The van der Waals surface area contributed by atoms with E-state index in [9.17, 15) is 9.90 Å². The van der Waals surface area contributed by atoms with Gasteiger partial charge in [-0.25, -0.2) is 0 Å². The third-order valence-corrected chi connectivity index (χ3v) is 9.33. The molecule has 1 heterocycles. The number of halogens is 1. The summed E-state index contributed by atoms with van der Waals surface area (Å²) in [5.74, 6) is 1.41. The predicted molar refractivity (Wildman–Crippen MR) is 138 cm³/mol. The Morgan fingerprint density at radius 2 is 1.86 bits per heavy atom. The van der Waals surface area contributed by atoms with Crippen molar-refractivity contribution in [2.75, 3.05) is 19.8 Å². The summed E-state index contributed by atoms with van der Waals surface area (Å²) in [4.78, 5) is 12.2. The number of epoxide rings is 1. The number of aliphatic hydroxyl groups excluding tert-OH is 1. The first-order valence-electron chi connectivity index (χ1n) is 13.0. The standard InChI is InChI=1S/C30H40IO5/c1-4-23(18-22(3)29-21-35-29)19-24(5-2)28(32)20-36-30(33)12-9-17-34-27-15-13-26(14-16-27)31-25-10-7-6-8-11-25/h4,6-8,10-11,13-16,22-24,28-29,32H,1,5,9,12,17-21H2,2-3H3/q-1. The fraction of sp³-hybridized carbons (Fsp3) is 0.500. The van der Waals surface area contributed by atoms with Crippen LogP contribution >= 0.6 is 0 Å². The number of carbonyl (C=O) groups is 1. The first kappa shape index (κ1) is 28.7. The molecule has 0 spiro atoms. The van der Waals surface area contributed by atoms with E-state index in [1.807, 2.05) is 24.3 Å². The zero-order valence-electron chi connectivity index (χ0n) is 21.5. The van der Waals surface area contributed by atoms with Crippen molar-refractivity contribution in [2.24, 2.45) is 17.8 Å². The summed E-state index contributed by atoms with van der Waals surface area (Å²) in [5.41, 5.74) is 0. The van der Waals surface area contributed by atoms with E-state index in [2.05, 4.69) is 56.8 Å². The number of ether oxygens (including phenoxy) is 3. The van der Waals surface area contributed by atoms with Crippen molar-refractivity contribution in [3.05, 3.63) is 74.4 Å². The number of hydrogen-bond donors (Lipinski definition) is 1. The fourth-order valence-corrected chi connectivity index (χ4v) is 6.49. The molecule has 2 aromatic carbocycles. The van der Waals surface area contributed by atoms with Gasteiger partial charge in [0.15, 0.2) is 0 Å². The average molecular weight is 608 g/mol. The second-order valence-corrected chi connectivity index (χ2v) is 12.6. The SMILES string of the molecule is C=CC(CC(C)C1CO1)CC(CC)C(O)COC(=O)CCCOc1ccc([I-]c2ccccc2)cc1. The summed E-state index contributed by atoms with van der Waals surface area (Å²) in [6.45, 7) is 9.60. The quantitative estimate of drug-likeness (QED) is 0.0985. The van der Waals surface area contributed by atoms with E-state index in [1.54, 1.807) is 0 Å². The van der Waals surface area contributed by atoms with Crippen LogP contribution in [-0.4, -0.2) is 43.1 Å². The third kappa shape index (κ3) is 10.2. The van der Waals surface area contributed by atoms with E-state index in [1.165, 1.54) is 7.14 Å². The monoisotopic (exact) mass is 607 g/mol. The molecule has 36 heavy (non-hydrogen) atoms. The Kier molecular flexibility index (Phi) is 12.2. The van der Waals surface area contributed by atoms with E-state index < -0.39 is 6.10 Å². The molecule has 2 aromatic rings. The van der Waals surface area contributed by atoms with E-state index in [-0.39, 0.29) is 46.1 Å². The number of hydrogen-bond acceptors (Lipinski definition) is 5. The summed E-state index contributed by atoms with van der Waals surface area (Å²) < 4.78 is 19.3. The zero-order valence-corrected chi connectivity index (χ0v) is 23.6. The van der Waals surface area contributed by atoms with Crippen LogP contribution in [0.1, 0.15) is 46.0 Å². The third-order valence-electron chi connectivity index (χ3n) is 6.65. The Morgan fingerprint density at radius 3 is 2.50 bits per heavy atom. The van der Waals surface area contributed by atoms with Gasteiger partial charge in [0.2, 0.25) is 0 Å². The second kappa shape index (κ2) is 15.4. The van der Waals surface area contributed by atoms with E-state index in [0.29, 0.717) is 31.0 Å². The topological polar surface area (TPSA) is 68.3 Å². The van der Waals surface area contributed by atoms with Gasteiger partial charge in [-0.1, -0.05) is 26.3 Å². The Balaban J connectivity index is 1.30. The van der Waals surface area contributed by atoms with Crippen molar-refractivity contribution in [1.29, 1.82) is 0 Å². The van der Waals surface area contributed by atoms with Crippen LogP contribution in [0.5, 0.6) is 5.75 Å². The molecular weight excluding hydrogens is 567 g/mol. The Labute approximate surface area is 226 Å². The second-order valence-electron chi connectivity index (χ2n) is 9.53. The zero-order chi connectivity index (χ0) is 25.8. The average Bonchev–Trinajstić information content (AvgIpc) is 3.75. The molecule has 3 rings (SSSR count). The molecule has 198 valence electrons. The number of esters is 1. The van der Waals surface area contributed by atoms with Gasteiger partial charge in [0.05, 0.1) is 12.7 Å². The normalized spacial score (nSPS) is 18.1. The van der Waals surface area contributed by atoms with Crippen molar-refractivity contribution in [2.45, 2.75) is 58.2 Å². The summed E-state index contributed by atoms with van der Waals surface area (Å²) in [7, 11) is 0. The summed E-state index contributed by atoms with van der Waals surface area (Å²) >= 11 is -0.184. The molecule has 0 aromatic heterocycles. The number of benzene rings is 2. The minimum atomic E-state index is -0.664. The first-order valence-corrected chi connectivity index (χ1v) is 15.1. The predicted octanol–water partition coefficient (Wildman–Crippen LogP) is 2.52. The molecule has 5 unspecified atom stereocenters. The van der Waals surface area contributed by atoms with E-state index in [0.717, 1.165) is 31.6 Å². The van der Waals surface area contributed by atoms with E-state index >= 15 is 0 Å². The van der Waals surface area contributed by atoms with Gasteiger partial charge in [0.25, 0.3) is 0 Å². The molecule has 0 radical (unpaired) electrons. The van der Waals surface area contributed by atoms with Crippen molar-refractivity contribution >= 4 is 5.97 Å². The first-order chi connectivity index (χ1) is 17.5. The fourth-order valence-electron chi connectivity index (χ4n) is 4.28. The molecule has 1 saturated heterocycles. The van der Waals surface area contributed by atoms with Crippen molar-refractivity contribution in [1.82, 2.24) is 0 Å². The molecule has 0 bridgehead atoms. The van der Waals surface area contributed by atoms with Crippen molar-refractivity contribution in [3.63, 3.8) is 0 Å². The minimum absolute atomic E-state index is 0.0370. The molecule has 5 atom stereocenters. The van der Waals surface area contributed by atoms with Gasteiger partial charge in [-0.3, -0.25) is 0 Å². The summed E-state index contributed by atoms with van der Waals surface area (Å²) in [6, 6.07) is 18.7. The van der Waals surface area contributed by atoms with Gasteiger partial charge < -0.3 is 9.84 Å². The molecule has 1 aliphatic heterocycles.